The first-order valence-corrected chi connectivity index (χ1v) is 12.3. The molecular weight excluding hydrogens is 414 g/mol. The van der Waals surface area contributed by atoms with Crippen LogP contribution in [0.3, 0.4) is 0 Å². The van der Waals surface area contributed by atoms with Gasteiger partial charge < -0.3 is 14.5 Å². The fourth-order valence-electron chi connectivity index (χ4n) is 5.72. The first-order valence-electron chi connectivity index (χ1n) is 12.3. The summed E-state index contributed by atoms with van der Waals surface area (Å²) in [5.41, 5.74) is 3.09. The summed E-state index contributed by atoms with van der Waals surface area (Å²) in [5.74, 6) is 0.00426. The van der Waals surface area contributed by atoms with Crippen molar-refractivity contribution in [1.29, 1.82) is 0 Å². The number of fused-ring (bicyclic) bond motifs is 2. The van der Waals surface area contributed by atoms with Gasteiger partial charge in [0.2, 0.25) is 5.91 Å². The van der Waals surface area contributed by atoms with Crippen LogP contribution in [0.15, 0.2) is 42.7 Å². The highest BCUT2D eigenvalue weighted by molar-refractivity contribution is 5.96. The number of amides is 1. The number of likely N-dealkylation sites (N-methyl/N-ethyl adjacent to an activating group) is 1. The van der Waals surface area contributed by atoms with Crippen LogP contribution >= 0.6 is 0 Å². The van der Waals surface area contributed by atoms with Crippen LogP contribution in [0, 0.1) is 5.92 Å². The third-order valence-corrected chi connectivity index (χ3v) is 7.75. The lowest BCUT2D eigenvalue weighted by atomic mass is 9.74. The molecule has 5 rings (SSSR count). The molecule has 2 aliphatic heterocycles. The fourth-order valence-corrected chi connectivity index (χ4v) is 5.72. The first-order chi connectivity index (χ1) is 16.1. The average Bonchev–Trinajstić information content (AvgIpc) is 3.14. The third-order valence-electron chi connectivity index (χ3n) is 7.75. The molecule has 1 aromatic heterocycles. The Kier molecular flexibility index (Phi) is 6.19. The number of nitrogens with zero attached hydrogens (tertiary/aromatic N) is 3. The number of pyridine rings is 1. The molecule has 0 unspecified atom stereocenters. The number of esters is 1. The normalized spacial score (nSPS) is 25.0. The van der Waals surface area contributed by atoms with E-state index in [1.165, 1.54) is 19.3 Å². The van der Waals surface area contributed by atoms with Crippen LogP contribution in [0.2, 0.25) is 0 Å². The largest absolute Gasteiger partial charge is 0.451 e. The molecule has 0 N–H and O–H groups in total. The van der Waals surface area contributed by atoms with Crippen LogP contribution in [0.25, 0.3) is 11.1 Å². The second-order valence-corrected chi connectivity index (χ2v) is 9.82. The number of carbonyl (C=O) groups excluding carboxylic acids is 2. The van der Waals surface area contributed by atoms with E-state index in [2.05, 4.69) is 16.0 Å². The lowest BCUT2D eigenvalue weighted by Crippen LogP contribution is -2.43. The maximum atomic E-state index is 13.1. The summed E-state index contributed by atoms with van der Waals surface area (Å²) in [6.07, 6.45) is 10.3. The minimum absolute atomic E-state index is 0.0147. The number of rotatable bonds is 5. The minimum atomic E-state index is -0.577. The van der Waals surface area contributed by atoms with Crippen molar-refractivity contribution >= 4 is 11.9 Å². The molecule has 3 aliphatic rings. The van der Waals surface area contributed by atoms with Crippen molar-refractivity contribution in [2.24, 2.45) is 5.92 Å². The van der Waals surface area contributed by atoms with Gasteiger partial charge in [-0.1, -0.05) is 18.6 Å². The zero-order chi connectivity index (χ0) is 22.8. The second kappa shape index (κ2) is 9.26. The Bertz CT molecular complexity index is 1010. The van der Waals surface area contributed by atoms with Gasteiger partial charge in [0.25, 0.3) is 0 Å². The Hall–Kier alpha value is -2.73. The van der Waals surface area contributed by atoms with E-state index in [4.69, 9.17) is 4.74 Å². The zero-order valence-electron chi connectivity index (χ0n) is 19.5. The van der Waals surface area contributed by atoms with Gasteiger partial charge in [0.15, 0.2) is 0 Å². The number of aromatic nitrogens is 1. The van der Waals surface area contributed by atoms with Crippen LogP contribution in [0.1, 0.15) is 60.9 Å². The smallest absolute Gasteiger partial charge is 0.339 e. The molecule has 1 saturated carbocycles. The van der Waals surface area contributed by atoms with Crippen molar-refractivity contribution in [3.8, 4) is 11.1 Å². The molecule has 1 saturated heterocycles. The highest BCUT2D eigenvalue weighted by Crippen LogP contribution is 2.49. The molecule has 3 heterocycles. The van der Waals surface area contributed by atoms with Gasteiger partial charge in [0.1, 0.15) is 5.60 Å². The molecule has 1 amide bonds. The topological polar surface area (TPSA) is 62.7 Å². The Morgan fingerprint density at radius 2 is 1.82 bits per heavy atom. The predicted molar refractivity (Wildman–Crippen MR) is 127 cm³/mol. The molecule has 2 aromatic rings. The number of hydrogen-bond donors (Lipinski definition) is 0. The second-order valence-electron chi connectivity index (χ2n) is 9.82. The maximum Gasteiger partial charge on any atom is 0.339 e. The molecule has 0 atom stereocenters. The molecule has 33 heavy (non-hydrogen) atoms. The molecule has 6 nitrogen and oxygen atoms in total. The Labute approximate surface area is 195 Å². The summed E-state index contributed by atoms with van der Waals surface area (Å²) in [4.78, 5) is 34.3. The molecular formula is C27H33N3O3. The van der Waals surface area contributed by atoms with Crippen molar-refractivity contribution in [3.63, 3.8) is 0 Å². The van der Waals surface area contributed by atoms with Crippen LogP contribution in [-0.4, -0.2) is 59.9 Å². The van der Waals surface area contributed by atoms with Crippen LogP contribution in [0.5, 0.6) is 0 Å². The van der Waals surface area contributed by atoms with Crippen LogP contribution in [0.4, 0.5) is 0 Å². The summed E-state index contributed by atoms with van der Waals surface area (Å²) in [5, 5.41) is 0. The molecule has 1 aliphatic carbocycles. The van der Waals surface area contributed by atoms with Crippen LogP contribution < -0.4 is 0 Å². The summed E-state index contributed by atoms with van der Waals surface area (Å²) in [6.45, 7) is 4.06. The van der Waals surface area contributed by atoms with E-state index in [9.17, 15) is 9.59 Å². The number of hydrogen-bond acceptors (Lipinski definition) is 5. The number of likely N-dealkylation sites (tertiary alicyclic amines) is 1. The lowest BCUT2D eigenvalue weighted by Gasteiger charge is -2.37. The van der Waals surface area contributed by atoms with E-state index in [0.29, 0.717) is 18.4 Å². The molecule has 6 heteroatoms. The highest BCUT2D eigenvalue weighted by atomic mass is 16.6. The lowest BCUT2D eigenvalue weighted by molar-refractivity contribution is -0.137. The number of carbonyl (C=O) groups is 2. The van der Waals surface area contributed by atoms with Crippen molar-refractivity contribution < 1.29 is 14.3 Å². The number of piperidine rings is 1. The summed E-state index contributed by atoms with van der Waals surface area (Å²) >= 11 is 0. The SMILES string of the molecule is CN(CCN1CCCCC1)C(=O)C1CCC2(CC1)OC(=O)c1cc(-c3ccncc3)ccc12. The van der Waals surface area contributed by atoms with Crippen molar-refractivity contribution in [2.45, 2.75) is 50.5 Å². The van der Waals surface area contributed by atoms with E-state index in [0.717, 1.165) is 55.7 Å². The Balaban J connectivity index is 1.22. The minimum Gasteiger partial charge on any atom is -0.451 e. The number of ether oxygens (including phenoxy) is 1. The van der Waals surface area contributed by atoms with E-state index in [-0.39, 0.29) is 17.8 Å². The van der Waals surface area contributed by atoms with Gasteiger partial charge in [-0.3, -0.25) is 9.78 Å². The standard InChI is InChI=1S/C27H33N3O3/c1-29(17-18-30-15-3-2-4-16-30)25(31)21-7-11-27(12-8-21)24-6-5-22(19-23(24)26(32)33-27)20-9-13-28-14-10-20/h5-6,9-10,13-14,19,21H,2-4,7-8,11-12,15-18H2,1H3. The van der Waals surface area contributed by atoms with E-state index in [1.807, 2.05) is 36.2 Å². The van der Waals surface area contributed by atoms with Crippen LogP contribution in [-0.2, 0) is 15.1 Å². The van der Waals surface area contributed by atoms with Gasteiger partial charge in [-0.15, -0.1) is 0 Å². The molecule has 2 fully saturated rings. The summed E-state index contributed by atoms with van der Waals surface area (Å²) in [6, 6.07) is 9.92. The summed E-state index contributed by atoms with van der Waals surface area (Å²) < 4.78 is 5.98. The van der Waals surface area contributed by atoms with Crippen molar-refractivity contribution in [2.75, 3.05) is 33.2 Å². The maximum absolute atomic E-state index is 13.1. The van der Waals surface area contributed by atoms with Crippen molar-refractivity contribution in [3.05, 3.63) is 53.9 Å². The molecule has 1 spiro atoms. The van der Waals surface area contributed by atoms with Gasteiger partial charge >= 0.3 is 5.97 Å². The summed E-state index contributed by atoms with van der Waals surface area (Å²) in [7, 11) is 1.93. The van der Waals surface area contributed by atoms with E-state index in [1.54, 1.807) is 12.4 Å². The molecule has 1 aromatic carbocycles. The Morgan fingerprint density at radius 1 is 1.09 bits per heavy atom. The number of benzene rings is 1. The quantitative estimate of drug-likeness (QED) is 0.642. The van der Waals surface area contributed by atoms with E-state index >= 15 is 0 Å². The fraction of sp³-hybridized carbons (Fsp3) is 0.519. The Morgan fingerprint density at radius 3 is 2.55 bits per heavy atom. The third kappa shape index (κ3) is 4.41. The van der Waals surface area contributed by atoms with Gasteiger partial charge in [-0.2, -0.15) is 0 Å². The highest BCUT2D eigenvalue weighted by Gasteiger charge is 2.48. The molecule has 0 radical (unpaired) electrons. The monoisotopic (exact) mass is 447 g/mol. The van der Waals surface area contributed by atoms with Gasteiger partial charge in [0, 0.05) is 44.0 Å². The molecule has 0 bridgehead atoms. The van der Waals surface area contributed by atoms with Gasteiger partial charge in [-0.05, 0) is 80.9 Å². The predicted octanol–water partition coefficient (Wildman–Crippen LogP) is 4.25. The van der Waals surface area contributed by atoms with Crippen molar-refractivity contribution in [1.82, 2.24) is 14.8 Å². The average molecular weight is 448 g/mol. The first kappa shape index (κ1) is 22.1. The van der Waals surface area contributed by atoms with Gasteiger partial charge in [-0.25, -0.2) is 4.79 Å². The van der Waals surface area contributed by atoms with Gasteiger partial charge in [0.05, 0.1) is 5.56 Å². The zero-order valence-corrected chi connectivity index (χ0v) is 19.5. The molecule has 174 valence electrons. The van der Waals surface area contributed by atoms with E-state index < -0.39 is 5.60 Å².